The number of aromatic nitrogens is 1. The van der Waals surface area contributed by atoms with E-state index >= 15 is 0 Å². The van der Waals surface area contributed by atoms with Crippen molar-refractivity contribution in [1.29, 1.82) is 0 Å². The Labute approximate surface area is 109 Å². The number of aliphatic carboxylic acids is 1. The van der Waals surface area contributed by atoms with Crippen LogP contribution in [0.3, 0.4) is 0 Å². The van der Waals surface area contributed by atoms with E-state index in [0.717, 1.165) is 10.6 Å². The molecule has 0 saturated carbocycles. The van der Waals surface area contributed by atoms with Crippen molar-refractivity contribution in [3.63, 3.8) is 0 Å². The molecule has 100 valence electrons. The van der Waals surface area contributed by atoms with Crippen LogP contribution in [-0.4, -0.2) is 28.6 Å². The van der Waals surface area contributed by atoms with E-state index in [2.05, 4.69) is 15.6 Å². The Morgan fingerprint density at radius 3 is 2.61 bits per heavy atom. The lowest BCUT2D eigenvalue weighted by molar-refractivity contribution is -0.146. The average Bonchev–Trinajstić information content (AvgIpc) is 2.69. The van der Waals surface area contributed by atoms with Crippen molar-refractivity contribution >= 4 is 23.3 Å². The SMILES string of the molecule is Cc1ncsc1CNC(=O)NCC(C)(C)C(=O)O. The Hall–Kier alpha value is -1.63. The van der Waals surface area contributed by atoms with Crippen molar-refractivity contribution in [2.75, 3.05) is 6.54 Å². The van der Waals surface area contributed by atoms with Gasteiger partial charge in [-0.25, -0.2) is 9.78 Å². The molecule has 7 heteroatoms. The molecule has 0 atom stereocenters. The van der Waals surface area contributed by atoms with Crippen molar-refractivity contribution in [2.45, 2.75) is 27.3 Å². The van der Waals surface area contributed by atoms with Crippen molar-refractivity contribution in [3.05, 3.63) is 16.1 Å². The highest BCUT2D eigenvalue weighted by Gasteiger charge is 2.27. The summed E-state index contributed by atoms with van der Waals surface area (Å²) in [6.07, 6.45) is 0. The first-order chi connectivity index (χ1) is 8.33. The summed E-state index contributed by atoms with van der Waals surface area (Å²) in [6.45, 7) is 5.47. The highest BCUT2D eigenvalue weighted by molar-refractivity contribution is 7.09. The first-order valence-corrected chi connectivity index (χ1v) is 6.35. The van der Waals surface area contributed by atoms with E-state index < -0.39 is 11.4 Å². The van der Waals surface area contributed by atoms with E-state index in [1.165, 1.54) is 11.3 Å². The van der Waals surface area contributed by atoms with Crippen LogP contribution in [0.1, 0.15) is 24.4 Å². The second-order valence-corrected chi connectivity index (χ2v) is 5.53. The number of carbonyl (C=O) groups excluding carboxylic acids is 1. The summed E-state index contributed by atoms with van der Waals surface area (Å²) in [6, 6.07) is -0.378. The summed E-state index contributed by atoms with van der Waals surface area (Å²) in [5, 5.41) is 14.1. The van der Waals surface area contributed by atoms with Gasteiger partial charge in [-0.3, -0.25) is 4.79 Å². The Kier molecular flexibility index (Phi) is 4.66. The van der Waals surface area contributed by atoms with E-state index in [0.29, 0.717) is 6.54 Å². The number of hydrogen-bond acceptors (Lipinski definition) is 4. The molecule has 18 heavy (non-hydrogen) atoms. The van der Waals surface area contributed by atoms with Crippen LogP contribution >= 0.6 is 11.3 Å². The monoisotopic (exact) mass is 271 g/mol. The van der Waals surface area contributed by atoms with Gasteiger partial charge in [-0.2, -0.15) is 0 Å². The number of nitrogens with zero attached hydrogens (tertiary/aromatic N) is 1. The Morgan fingerprint density at radius 2 is 2.11 bits per heavy atom. The Balaban J connectivity index is 2.35. The van der Waals surface area contributed by atoms with Crippen LogP contribution in [0.4, 0.5) is 4.79 Å². The zero-order valence-electron chi connectivity index (χ0n) is 10.6. The van der Waals surface area contributed by atoms with Crippen LogP contribution in [0, 0.1) is 12.3 Å². The zero-order valence-corrected chi connectivity index (χ0v) is 11.4. The zero-order chi connectivity index (χ0) is 13.8. The summed E-state index contributed by atoms with van der Waals surface area (Å²) in [5.74, 6) is -0.943. The van der Waals surface area contributed by atoms with Gasteiger partial charge in [-0.1, -0.05) is 0 Å². The van der Waals surface area contributed by atoms with E-state index in [1.54, 1.807) is 19.4 Å². The van der Waals surface area contributed by atoms with Gasteiger partial charge in [0.2, 0.25) is 0 Å². The average molecular weight is 271 g/mol. The molecular formula is C11H17N3O3S. The number of amides is 2. The molecule has 1 aromatic rings. The fraction of sp³-hybridized carbons (Fsp3) is 0.545. The third-order valence-corrected chi connectivity index (χ3v) is 3.46. The van der Waals surface area contributed by atoms with Crippen molar-refractivity contribution < 1.29 is 14.7 Å². The van der Waals surface area contributed by atoms with Gasteiger partial charge in [-0.15, -0.1) is 11.3 Å². The molecule has 0 aromatic carbocycles. The molecule has 6 nitrogen and oxygen atoms in total. The molecule has 0 aliphatic carbocycles. The maximum atomic E-state index is 11.5. The lowest BCUT2D eigenvalue weighted by Crippen LogP contribution is -2.43. The van der Waals surface area contributed by atoms with Gasteiger partial charge in [0.25, 0.3) is 0 Å². The Bertz CT molecular complexity index is 442. The third-order valence-electron chi connectivity index (χ3n) is 2.52. The molecule has 0 spiro atoms. The van der Waals surface area contributed by atoms with Gasteiger partial charge in [0, 0.05) is 11.4 Å². The second kappa shape index (κ2) is 5.81. The van der Waals surface area contributed by atoms with E-state index in [4.69, 9.17) is 5.11 Å². The molecule has 0 bridgehead atoms. The van der Waals surface area contributed by atoms with E-state index in [9.17, 15) is 9.59 Å². The number of carboxylic acid groups (broad SMARTS) is 1. The molecule has 0 saturated heterocycles. The summed E-state index contributed by atoms with van der Waals surface area (Å²) in [7, 11) is 0. The first-order valence-electron chi connectivity index (χ1n) is 5.47. The van der Waals surface area contributed by atoms with Crippen LogP contribution in [0.15, 0.2) is 5.51 Å². The molecule has 2 amide bonds. The fourth-order valence-electron chi connectivity index (χ4n) is 1.10. The molecule has 1 heterocycles. The maximum absolute atomic E-state index is 11.5. The van der Waals surface area contributed by atoms with Gasteiger partial charge in [-0.05, 0) is 20.8 Å². The van der Waals surface area contributed by atoms with Crippen LogP contribution in [0.25, 0.3) is 0 Å². The highest BCUT2D eigenvalue weighted by atomic mass is 32.1. The summed E-state index contributed by atoms with van der Waals surface area (Å²) < 4.78 is 0. The van der Waals surface area contributed by atoms with Gasteiger partial charge < -0.3 is 15.7 Å². The fourth-order valence-corrected chi connectivity index (χ4v) is 1.81. The highest BCUT2D eigenvalue weighted by Crippen LogP contribution is 2.13. The maximum Gasteiger partial charge on any atom is 0.315 e. The van der Waals surface area contributed by atoms with Crippen LogP contribution in [-0.2, 0) is 11.3 Å². The summed E-state index contributed by atoms with van der Waals surface area (Å²) >= 11 is 1.47. The minimum absolute atomic E-state index is 0.0792. The number of nitrogens with one attached hydrogen (secondary N) is 2. The number of aryl methyl sites for hydroxylation is 1. The van der Waals surface area contributed by atoms with Gasteiger partial charge >= 0.3 is 12.0 Å². The predicted molar refractivity (Wildman–Crippen MR) is 68.5 cm³/mol. The minimum Gasteiger partial charge on any atom is -0.481 e. The smallest absolute Gasteiger partial charge is 0.315 e. The van der Waals surface area contributed by atoms with Crippen LogP contribution < -0.4 is 10.6 Å². The van der Waals surface area contributed by atoms with Crippen LogP contribution in [0.5, 0.6) is 0 Å². The van der Waals surface area contributed by atoms with Gasteiger partial charge in [0.05, 0.1) is 23.2 Å². The number of thiazole rings is 1. The normalized spacial score (nSPS) is 11.1. The topological polar surface area (TPSA) is 91.3 Å². The van der Waals surface area contributed by atoms with E-state index in [-0.39, 0.29) is 12.6 Å². The molecule has 3 N–H and O–H groups in total. The minimum atomic E-state index is -0.974. The van der Waals surface area contributed by atoms with Crippen molar-refractivity contribution in [3.8, 4) is 0 Å². The van der Waals surface area contributed by atoms with Crippen LogP contribution in [0.2, 0.25) is 0 Å². The summed E-state index contributed by atoms with van der Waals surface area (Å²) in [5.41, 5.74) is 1.64. The molecule has 0 radical (unpaired) electrons. The first kappa shape index (κ1) is 14.4. The number of hydrogen-bond donors (Lipinski definition) is 3. The molecule has 0 aliphatic rings. The third kappa shape index (κ3) is 3.99. The second-order valence-electron chi connectivity index (χ2n) is 4.59. The molecule has 0 unspecified atom stereocenters. The molecule has 1 aromatic heterocycles. The molecule has 0 fully saturated rings. The standard InChI is InChI=1S/C11H17N3O3S/c1-7-8(18-6-14-7)4-12-10(17)13-5-11(2,3)9(15)16/h6H,4-5H2,1-3H3,(H,15,16)(H2,12,13,17). The number of carboxylic acids is 1. The largest absolute Gasteiger partial charge is 0.481 e. The van der Waals surface area contributed by atoms with Crippen molar-refractivity contribution in [1.82, 2.24) is 15.6 Å². The van der Waals surface area contributed by atoms with E-state index in [1.807, 2.05) is 6.92 Å². The number of rotatable bonds is 5. The molecule has 1 rings (SSSR count). The quantitative estimate of drug-likeness (QED) is 0.754. The molecule has 0 aliphatic heterocycles. The lowest BCUT2D eigenvalue weighted by Gasteiger charge is -2.19. The van der Waals surface area contributed by atoms with Crippen molar-refractivity contribution in [2.24, 2.45) is 5.41 Å². The van der Waals surface area contributed by atoms with Gasteiger partial charge in [0.1, 0.15) is 0 Å². The molecular weight excluding hydrogens is 254 g/mol. The summed E-state index contributed by atoms with van der Waals surface area (Å²) in [4.78, 5) is 27.4. The lowest BCUT2D eigenvalue weighted by atomic mass is 9.94. The predicted octanol–water partition coefficient (Wildman–Crippen LogP) is 1.36. The number of carbonyl (C=O) groups is 2. The van der Waals surface area contributed by atoms with Gasteiger partial charge in [0.15, 0.2) is 0 Å². The Morgan fingerprint density at radius 1 is 1.44 bits per heavy atom. The number of urea groups is 1.